The lowest BCUT2D eigenvalue weighted by Crippen LogP contribution is -2.39. The normalized spacial score (nSPS) is 11.8. The summed E-state index contributed by atoms with van der Waals surface area (Å²) in [5.74, 6) is 4.53. The third-order valence-corrected chi connectivity index (χ3v) is 2.23. The van der Waals surface area contributed by atoms with E-state index >= 15 is 0 Å². The fourth-order valence-corrected chi connectivity index (χ4v) is 1.45. The zero-order valence-electron chi connectivity index (χ0n) is 12.3. The van der Waals surface area contributed by atoms with Crippen LogP contribution in [0.1, 0.15) is 32.8 Å². The predicted octanol–water partition coefficient (Wildman–Crippen LogP) is 2.41. The number of carbonyl (C=O) groups is 2. The molecule has 112 valence electrons. The van der Waals surface area contributed by atoms with Gasteiger partial charge in [0.1, 0.15) is 11.6 Å². The Balaban J connectivity index is 2.75. The van der Waals surface area contributed by atoms with Gasteiger partial charge in [-0.1, -0.05) is 30.0 Å². The minimum absolute atomic E-state index is 0.293. The lowest BCUT2D eigenvalue weighted by atomic mass is 10.1. The van der Waals surface area contributed by atoms with E-state index < -0.39 is 23.7 Å². The molecule has 0 radical (unpaired) electrons. The maximum Gasteiger partial charge on any atom is 0.408 e. The molecule has 0 unspecified atom stereocenters. The first-order valence-corrected chi connectivity index (χ1v) is 6.54. The molecule has 5 heteroatoms. The highest BCUT2D eigenvalue weighted by Crippen LogP contribution is 2.07. The van der Waals surface area contributed by atoms with Crippen molar-refractivity contribution in [3.63, 3.8) is 0 Å². The number of carbonyl (C=O) groups excluding carboxylic acids is 1. The van der Waals surface area contributed by atoms with Crippen molar-refractivity contribution in [3.05, 3.63) is 35.9 Å². The van der Waals surface area contributed by atoms with Crippen molar-refractivity contribution in [2.24, 2.45) is 0 Å². The molecule has 0 aromatic heterocycles. The molecule has 0 aliphatic rings. The van der Waals surface area contributed by atoms with Gasteiger partial charge in [0.15, 0.2) is 0 Å². The summed E-state index contributed by atoms with van der Waals surface area (Å²) >= 11 is 0. The number of ether oxygens (including phenoxy) is 1. The Bertz CT molecular complexity index is 549. The van der Waals surface area contributed by atoms with Crippen molar-refractivity contribution >= 4 is 12.1 Å². The second-order valence-corrected chi connectivity index (χ2v) is 5.43. The van der Waals surface area contributed by atoms with Crippen LogP contribution in [0.5, 0.6) is 0 Å². The Morgan fingerprint density at radius 3 is 2.43 bits per heavy atom. The van der Waals surface area contributed by atoms with E-state index in [0.717, 1.165) is 5.56 Å². The van der Waals surface area contributed by atoms with Gasteiger partial charge in [-0.25, -0.2) is 4.79 Å². The van der Waals surface area contributed by atoms with Gasteiger partial charge in [-0.2, -0.15) is 0 Å². The minimum atomic E-state index is -1.04. The number of hydrogen-bond donors (Lipinski definition) is 2. The van der Waals surface area contributed by atoms with E-state index in [-0.39, 0.29) is 6.42 Å². The van der Waals surface area contributed by atoms with Crippen LogP contribution < -0.4 is 5.32 Å². The predicted molar refractivity (Wildman–Crippen MR) is 78.7 cm³/mol. The standard InChI is InChI=1S/C16H19NO4/c1-16(2,3)21-15(20)17-13(11-14(18)19)10-9-12-7-5-4-6-8-12/h4-8,13H,11H2,1-3H3,(H,17,20)(H,18,19)/t13-/m1/s1. The first kappa shape index (κ1) is 16.6. The molecule has 2 N–H and O–H groups in total. The maximum atomic E-state index is 11.7. The number of amides is 1. The number of benzene rings is 1. The molecule has 0 fully saturated rings. The highest BCUT2D eigenvalue weighted by atomic mass is 16.6. The second-order valence-electron chi connectivity index (χ2n) is 5.43. The summed E-state index contributed by atoms with van der Waals surface area (Å²) in [6, 6.07) is 8.32. The third kappa shape index (κ3) is 7.63. The largest absolute Gasteiger partial charge is 0.481 e. The van der Waals surface area contributed by atoms with Crippen LogP contribution in [0, 0.1) is 11.8 Å². The van der Waals surface area contributed by atoms with Gasteiger partial charge in [-0.3, -0.25) is 4.79 Å². The number of aliphatic carboxylic acids is 1. The second kappa shape index (κ2) is 7.34. The van der Waals surface area contributed by atoms with Gasteiger partial charge >= 0.3 is 12.1 Å². The summed E-state index contributed by atoms with van der Waals surface area (Å²) < 4.78 is 5.09. The molecular weight excluding hydrogens is 270 g/mol. The van der Waals surface area contributed by atoms with Gasteiger partial charge in [0.2, 0.25) is 0 Å². The lowest BCUT2D eigenvalue weighted by molar-refractivity contribution is -0.137. The molecule has 0 bridgehead atoms. The number of carboxylic acids is 1. The van der Waals surface area contributed by atoms with E-state index in [4.69, 9.17) is 9.84 Å². The lowest BCUT2D eigenvalue weighted by Gasteiger charge is -2.21. The van der Waals surface area contributed by atoms with E-state index in [1.807, 2.05) is 18.2 Å². The average molecular weight is 289 g/mol. The summed E-state index contributed by atoms with van der Waals surface area (Å²) in [5, 5.41) is 11.3. The molecule has 1 atom stereocenters. The maximum absolute atomic E-state index is 11.7. The monoisotopic (exact) mass is 289 g/mol. The van der Waals surface area contributed by atoms with Gasteiger partial charge in [-0.15, -0.1) is 0 Å². The van der Waals surface area contributed by atoms with E-state index in [9.17, 15) is 9.59 Å². The van der Waals surface area contributed by atoms with Crippen LogP contribution in [0.2, 0.25) is 0 Å². The SMILES string of the molecule is CC(C)(C)OC(=O)N[C@H](C#Cc1ccccc1)CC(=O)O. The molecule has 0 aliphatic heterocycles. The summed E-state index contributed by atoms with van der Waals surface area (Å²) in [4.78, 5) is 22.5. The zero-order valence-corrected chi connectivity index (χ0v) is 12.3. The topological polar surface area (TPSA) is 75.6 Å². The number of carboxylic acid groups (broad SMARTS) is 1. The Hall–Kier alpha value is -2.48. The molecule has 1 aromatic carbocycles. The Morgan fingerprint density at radius 2 is 1.90 bits per heavy atom. The van der Waals surface area contributed by atoms with E-state index in [1.165, 1.54) is 0 Å². The first-order chi connectivity index (χ1) is 9.76. The van der Waals surface area contributed by atoms with E-state index in [1.54, 1.807) is 32.9 Å². The van der Waals surface area contributed by atoms with Crippen LogP contribution in [0.25, 0.3) is 0 Å². The van der Waals surface area contributed by atoms with Crippen molar-refractivity contribution in [2.45, 2.75) is 38.8 Å². The van der Waals surface area contributed by atoms with E-state index in [0.29, 0.717) is 0 Å². The number of hydrogen-bond acceptors (Lipinski definition) is 3. The summed E-state index contributed by atoms with van der Waals surface area (Å²) in [7, 11) is 0. The molecule has 5 nitrogen and oxygen atoms in total. The van der Waals surface area contributed by atoms with Crippen LogP contribution >= 0.6 is 0 Å². The van der Waals surface area contributed by atoms with Gasteiger partial charge in [0, 0.05) is 5.56 Å². The van der Waals surface area contributed by atoms with Crippen molar-refractivity contribution in [3.8, 4) is 11.8 Å². The van der Waals surface area contributed by atoms with Crippen LogP contribution in [-0.4, -0.2) is 28.8 Å². The number of nitrogens with one attached hydrogen (secondary N) is 1. The molecule has 0 saturated carbocycles. The quantitative estimate of drug-likeness (QED) is 0.838. The molecule has 0 heterocycles. The smallest absolute Gasteiger partial charge is 0.408 e. The molecule has 21 heavy (non-hydrogen) atoms. The fourth-order valence-electron chi connectivity index (χ4n) is 1.45. The highest BCUT2D eigenvalue weighted by Gasteiger charge is 2.19. The van der Waals surface area contributed by atoms with Crippen molar-refractivity contribution in [1.82, 2.24) is 5.32 Å². The third-order valence-electron chi connectivity index (χ3n) is 2.23. The van der Waals surface area contributed by atoms with Crippen LogP contribution in [-0.2, 0) is 9.53 Å². The Kier molecular flexibility index (Phi) is 5.79. The molecule has 1 amide bonds. The van der Waals surface area contributed by atoms with Crippen LogP contribution in [0.4, 0.5) is 4.79 Å². The fraction of sp³-hybridized carbons (Fsp3) is 0.375. The molecule has 0 aliphatic carbocycles. The van der Waals surface area contributed by atoms with Crippen LogP contribution in [0.3, 0.4) is 0 Å². The molecule has 1 aromatic rings. The Labute approximate surface area is 124 Å². The van der Waals surface area contributed by atoms with E-state index in [2.05, 4.69) is 17.2 Å². The highest BCUT2D eigenvalue weighted by molar-refractivity contribution is 5.72. The molecule has 1 rings (SSSR count). The van der Waals surface area contributed by atoms with Gasteiger partial charge in [0.05, 0.1) is 6.42 Å². The summed E-state index contributed by atoms with van der Waals surface area (Å²) in [6.07, 6.45) is -0.977. The molecular formula is C16H19NO4. The summed E-state index contributed by atoms with van der Waals surface area (Å²) in [6.45, 7) is 5.19. The first-order valence-electron chi connectivity index (χ1n) is 6.54. The minimum Gasteiger partial charge on any atom is -0.481 e. The number of alkyl carbamates (subject to hydrolysis) is 1. The van der Waals surface area contributed by atoms with Gasteiger partial charge < -0.3 is 15.2 Å². The van der Waals surface area contributed by atoms with Crippen molar-refractivity contribution in [2.75, 3.05) is 0 Å². The van der Waals surface area contributed by atoms with Gasteiger partial charge in [-0.05, 0) is 32.9 Å². The zero-order chi connectivity index (χ0) is 15.9. The van der Waals surface area contributed by atoms with Gasteiger partial charge in [0.25, 0.3) is 0 Å². The number of rotatable bonds is 3. The van der Waals surface area contributed by atoms with Crippen molar-refractivity contribution < 1.29 is 19.4 Å². The molecule has 0 spiro atoms. The molecule has 0 saturated heterocycles. The van der Waals surface area contributed by atoms with Crippen LogP contribution in [0.15, 0.2) is 30.3 Å². The van der Waals surface area contributed by atoms with Crippen molar-refractivity contribution in [1.29, 1.82) is 0 Å². The summed E-state index contributed by atoms with van der Waals surface area (Å²) in [5.41, 5.74) is 0.101. The Morgan fingerprint density at radius 1 is 1.29 bits per heavy atom. The average Bonchev–Trinajstić information content (AvgIpc) is 2.34.